The second-order valence-electron chi connectivity index (χ2n) is 7.34. The Morgan fingerprint density at radius 1 is 1.10 bits per heavy atom. The maximum absolute atomic E-state index is 12.6. The van der Waals surface area contributed by atoms with Crippen molar-refractivity contribution in [3.05, 3.63) is 83.4 Å². The van der Waals surface area contributed by atoms with Gasteiger partial charge in [0, 0.05) is 55.8 Å². The summed E-state index contributed by atoms with van der Waals surface area (Å²) in [5.74, 6) is 0.0995. The molecule has 0 radical (unpaired) electrons. The van der Waals surface area contributed by atoms with E-state index in [-0.39, 0.29) is 17.6 Å². The first-order valence-corrected chi connectivity index (χ1v) is 9.81. The number of benzene rings is 2. The number of aromatic nitrogens is 2. The predicted octanol–water partition coefficient (Wildman–Crippen LogP) is 3.03. The number of nitrogens with zero attached hydrogens (tertiary/aromatic N) is 3. The monoisotopic (exact) mass is 402 g/mol. The zero-order valence-corrected chi connectivity index (χ0v) is 16.7. The van der Waals surface area contributed by atoms with E-state index in [1.165, 1.54) is 0 Å². The number of aryl methyl sites for hydroxylation is 1. The molecule has 1 N–H and O–H groups in total. The molecule has 30 heavy (non-hydrogen) atoms. The lowest BCUT2D eigenvalue weighted by Crippen LogP contribution is -2.24. The van der Waals surface area contributed by atoms with Crippen molar-refractivity contribution in [3.63, 3.8) is 0 Å². The van der Waals surface area contributed by atoms with E-state index in [2.05, 4.69) is 10.3 Å². The van der Waals surface area contributed by atoms with Gasteiger partial charge < -0.3 is 14.8 Å². The molecule has 0 bridgehead atoms. The molecule has 0 aliphatic carbocycles. The van der Waals surface area contributed by atoms with Crippen LogP contribution >= 0.6 is 0 Å². The average molecular weight is 402 g/mol. The molecule has 1 aliphatic rings. The summed E-state index contributed by atoms with van der Waals surface area (Å²) in [4.78, 5) is 42.8. The van der Waals surface area contributed by atoms with Crippen molar-refractivity contribution in [1.29, 1.82) is 0 Å². The topological polar surface area (TPSA) is 84.3 Å². The Morgan fingerprint density at radius 2 is 1.90 bits per heavy atom. The smallest absolute Gasteiger partial charge is 0.255 e. The third-order valence-corrected chi connectivity index (χ3v) is 5.16. The van der Waals surface area contributed by atoms with Gasteiger partial charge in [0.25, 0.3) is 5.91 Å². The van der Waals surface area contributed by atoms with Crippen LogP contribution in [0.1, 0.15) is 44.9 Å². The lowest BCUT2D eigenvalue weighted by Gasteiger charge is -2.16. The Kier molecular flexibility index (Phi) is 5.43. The first-order chi connectivity index (χ1) is 14.5. The molecule has 7 heteroatoms. The van der Waals surface area contributed by atoms with Gasteiger partial charge in [-0.2, -0.15) is 0 Å². The predicted molar refractivity (Wildman–Crippen MR) is 112 cm³/mol. The lowest BCUT2D eigenvalue weighted by molar-refractivity contribution is -0.128. The Balaban J connectivity index is 1.42. The SMILES string of the molecule is Cn1ccnc1C(=O)c1ccc(NC(=O)c2cccc(CN3CCCC3=O)c2)cc1. The fourth-order valence-corrected chi connectivity index (χ4v) is 3.52. The molecule has 2 aromatic carbocycles. The molecule has 1 fully saturated rings. The number of ketones is 1. The zero-order valence-electron chi connectivity index (χ0n) is 16.7. The number of anilines is 1. The summed E-state index contributed by atoms with van der Waals surface area (Å²) in [6.07, 6.45) is 4.78. The van der Waals surface area contributed by atoms with E-state index in [4.69, 9.17) is 0 Å². The van der Waals surface area contributed by atoms with Crippen LogP contribution in [0.15, 0.2) is 60.9 Å². The Bertz CT molecular complexity index is 1100. The van der Waals surface area contributed by atoms with Gasteiger partial charge in [-0.15, -0.1) is 0 Å². The highest BCUT2D eigenvalue weighted by Crippen LogP contribution is 2.17. The number of nitrogens with one attached hydrogen (secondary N) is 1. The van der Waals surface area contributed by atoms with E-state index in [0.717, 1.165) is 18.5 Å². The van der Waals surface area contributed by atoms with E-state index in [1.807, 2.05) is 17.0 Å². The van der Waals surface area contributed by atoms with Crippen LogP contribution in [-0.4, -0.2) is 38.6 Å². The maximum atomic E-state index is 12.6. The van der Waals surface area contributed by atoms with Crippen LogP contribution < -0.4 is 5.32 Å². The molecule has 0 atom stereocenters. The van der Waals surface area contributed by atoms with E-state index in [9.17, 15) is 14.4 Å². The van der Waals surface area contributed by atoms with Crippen LogP contribution in [0, 0.1) is 0 Å². The number of carbonyl (C=O) groups is 3. The fourth-order valence-electron chi connectivity index (χ4n) is 3.52. The highest BCUT2D eigenvalue weighted by atomic mass is 16.2. The van der Waals surface area contributed by atoms with Crippen LogP contribution in [0.5, 0.6) is 0 Å². The number of rotatable bonds is 6. The fraction of sp³-hybridized carbons (Fsp3) is 0.217. The van der Waals surface area contributed by atoms with Crippen molar-refractivity contribution in [2.45, 2.75) is 19.4 Å². The second kappa shape index (κ2) is 8.32. The molecule has 0 unspecified atom stereocenters. The normalized spacial score (nSPS) is 13.5. The molecule has 2 heterocycles. The minimum atomic E-state index is -0.243. The molecule has 0 spiro atoms. The van der Waals surface area contributed by atoms with Crippen LogP contribution in [-0.2, 0) is 18.4 Å². The summed E-state index contributed by atoms with van der Waals surface area (Å²) < 4.78 is 1.67. The van der Waals surface area contributed by atoms with E-state index >= 15 is 0 Å². The molecule has 152 valence electrons. The van der Waals surface area contributed by atoms with Crippen molar-refractivity contribution >= 4 is 23.3 Å². The van der Waals surface area contributed by atoms with Gasteiger partial charge in [-0.3, -0.25) is 14.4 Å². The summed E-state index contributed by atoms with van der Waals surface area (Å²) in [7, 11) is 1.77. The molecule has 4 rings (SSSR count). The van der Waals surface area contributed by atoms with Crippen LogP contribution in [0.4, 0.5) is 5.69 Å². The van der Waals surface area contributed by atoms with Gasteiger partial charge in [0.15, 0.2) is 5.82 Å². The summed E-state index contributed by atoms with van der Waals surface area (Å²) >= 11 is 0. The van der Waals surface area contributed by atoms with Crippen LogP contribution in [0.25, 0.3) is 0 Å². The summed E-state index contributed by atoms with van der Waals surface area (Å²) in [5.41, 5.74) is 2.54. The van der Waals surface area contributed by atoms with Crippen molar-refractivity contribution < 1.29 is 14.4 Å². The molecule has 0 saturated carbocycles. The molecule has 7 nitrogen and oxygen atoms in total. The number of likely N-dealkylation sites (tertiary alicyclic amines) is 1. The Morgan fingerprint density at radius 3 is 2.57 bits per heavy atom. The highest BCUT2D eigenvalue weighted by Gasteiger charge is 2.20. The van der Waals surface area contributed by atoms with Crippen molar-refractivity contribution in [1.82, 2.24) is 14.5 Å². The van der Waals surface area contributed by atoms with Gasteiger partial charge in [0.05, 0.1) is 0 Å². The number of hydrogen-bond acceptors (Lipinski definition) is 4. The van der Waals surface area contributed by atoms with Crippen molar-refractivity contribution in [2.24, 2.45) is 7.05 Å². The van der Waals surface area contributed by atoms with Gasteiger partial charge in [0.1, 0.15) is 0 Å². The first-order valence-electron chi connectivity index (χ1n) is 9.81. The van der Waals surface area contributed by atoms with Gasteiger partial charge in [-0.1, -0.05) is 12.1 Å². The number of imidazole rings is 1. The maximum Gasteiger partial charge on any atom is 0.255 e. The van der Waals surface area contributed by atoms with Gasteiger partial charge in [-0.25, -0.2) is 4.98 Å². The molecular weight excluding hydrogens is 380 g/mol. The lowest BCUT2D eigenvalue weighted by atomic mass is 10.1. The Labute approximate surface area is 174 Å². The third-order valence-electron chi connectivity index (χ3n) is 5.16. The zero-order chi connectivity index (χ0) is 21.1. The molecule has 1 saturated heterocycles. The summed E-state index contributed by atoms with van der Waals surface area (Å²) in [5, 5.41) is 2.85. The van der Waals surface area contributed by atoms with Crippen molar-refractivity contribution in [2.75, 3.05) is 11.9 Å². The molecule has 2 amide bonds. The molecular formula is C23H22N4O3. The quantitative estimate of drug-likeness (QED) is 0.643. The van der Waals surface area contributed by atoms with Crippen LogP contribution in [0.2, 0.25) is 0 Å². The average Bonchev–Trinajstić information content (AvgIpc) is 3.36. The van der Waals surface area contributed by atoms with Crippen LogP contribution in [0.3, 0.4) is 0 Å². The number of hydrogen-bond donors (Lipinski definition) is 1. The first kappa shape index (κ1) is 19.6. The summed E-state index contributed by atoms with van der Waals surface area (Å²) in [6, 6.07) is 14.0. The minimum absolute atomic E-state index is 0.157. The van der Waals surface area contributed by atoms with Gasteiger partial charge >= 0.3 is 0 Å². The standard InChI is InChI=1S/C23H22N4O3/c1-26-13-11-24-22(26)21(29)17-7-9-19(10-8-17)25-23(30)18-5-2-4-16(14-18)15-27-12-3-6-20(27)28/h2,4-5,7-11,13-14H,3,6,12,15H2,1H3,(H,25,30). The van der Waals surface area contributed by atoms with Gasteiger partial charge in [-0.05, 0) is 48.4 Å². The van der Waals surface area contributed by atoms with E-state index < -0.39 is 0 Å². The summed E-state index contributed by atoms with van der Waals surface area (Å²) in [6.45, 7) is 1.28. The number of amides is 2. The number of carbonyl (C=O) groups excluding carboxylic acids is 3. The largest absolute Gasteiger partial charge is 0.338 e. The van der Waals surface area contributed by atoms with E-state index in [0.29, 0.717) is 35.6 Å². The molecule has 1 aliphatic heterocycles. The highest BCUT2D eigenvalue weighted by molar-refractivity contribution is 6.07. The molecule has 1 aromatic heterocycles. The Hall–Kier alpha value is -3.74. The van der Waals surface area contributed by atoms with Crippen molar-refractivity contribution in [3.8, 4) is 0 Å². The molecule has 3 aromatic rings. The minimum Gasteiger partial charge on any atom is -0.338 e. The van der Waals surface area contributed by atoms with Gasteiger partial charge in [0.2, 0.25) is 11.7 Å². The second-order valence-corrected chi connectivity index (χ2v) is 7.34. The van der Waals surface area contributed by atoms with E-state index in [1.54, 1.807) is 60.4 Å². The third kappa shape index (κ3) is 4.15.